The Labute approximate surface area is 134 Å². The number of ether oxygens (including phenoxy) is 2. The van der Waals surface area contributed by atoms with Crippen LogP contribution in [0.15, 0.2) is 41.9 Å². The highest BCUT2D eigenvalue weighted by Gasteiger charge is 2.53. The minimum absolute atomic E-state index is 0.0601. The maximum absolute atomic E-state index is 6.18. The molecule has 4 nitrogen and oxygen atoms in total. The molecule has 3 atom stereocenters. The summed E-state index contributed by atoms with van der Waals surface area (Å²) in [5, 5.41) is 3.15. The van der Waals surface area contributed by atoms with Crippen LogP contribution in [0.5, 0.6) is 0 Å². The molecule has 0 amide bonds. The molecule has 2 aliphatic rings. The predicted molar refractivity (Wildman–Crippen MR) is 85.5 cm³/mol. The van der Waals surface area contributed by atoms with Crippen molar-refractivity contribution in [2.45, 2.75) is 44.4 Å². The highest BCUT2D eigenvalue weighted by atomic mass is 32.1. The lowest BCUT2D eigenvalue weighted by Crippen LogP contribution is -2.32. The number of fused-ring (bicyclic) bond motifs is 1. The van der Waals surface area contributed by atoms with Gasteiger partial charge in [-0.3, -0.25) is 4.90 Å². The smallest absolute Gasteiger partial charge is 0.163 e. The molecule has 0 spiro atoms. The van der Waals surface area contributed by atoms with E-state index in [4.69, 9.17) is 9.47 Å². The molecule has 2 aliphatic heterocycles. The number of hydrogen-bond donors (Lipinski definition) is 0. The topological polar surface area (TPSA) is 34.6 Å². The van der Waals surface area contributed by atoms with Crippen molar-refractivity contribution < 1.29 is 9.47 Å². The molecule has 2 aromatic rings. The van der Waals surface area contributed by atoms with Gasteiger partial charge in [0.1, 0.15) is 17.2 Å². The zero-order valence-electron chi connectivity index (χ0n) is 12.8. The molecule has 0 aliphatic carbocycles. The zero-order valence-corrected chi connectivity index (χ0v) is 13.6. The van der Waals surface area contributed by atoms with Crippen LogP contribution >= 0.6 is 11.3 Å². The normalized spacial score (nSPS) is 30.5. The Hall–Kier alpha value is -1.27. The summed E-state index contributed by atoms with van der Waals surface area (Å²) in [6, 6.07) is 10.7. The molecular weight excluding hydrogens is 296 g/mol. The van der Waals surface area contributed by atoms with Crippen LogP contribution in [0, 0.1) is 0 Å². The third-order valence-corrected chi connectivity index (χ3v) is 5.12. The summed E-state index contributed by atoms with van der Waals surface area (Å²) in [6.45, 7) is 5.76. The van der Waals surface area contributed by atoms with Crippen LogP contribution in [0.2, 0.25) is 0 Å². The van der Waals surface area contributed by atoms with Crippen LogP contribution in [0.4, 0.5) is 0 Å². The Balaban J connectivity index is 1.62. The summed E-state index contributed by atoms with van der Waals surface area (Å²) in [5.74, 6) is -0.496. The average molecular weight is 316 g/mol. The van der Waals surface area contributed by atoms with E-state index in [9.17, 15) is 0 Å². The first kappa shape index (κ1) is 14.3. The number of aromatic nitrogens is 1. The van der Waals surface area contributed by atoms with Crippen molar-refractivity contribution in [2.75, 3.05) is 6.54 Å². The Bertz CT molecular complexity index is 629. The molecular formula is C17H20N2O2S. The molecule has 0 N–H and O–H groups in total. The van der Waals surface area contributed by atoms with Gasteiger partial charge in [0.2, 0.25) is 0 Å². The summed E-state index contributed by atoms with van der Waals surface area (Å²) < 4.78 is 12.3. The number of thiazole rings is 1. The van der Waals surface area contributed by atoms with E-state index < -0.39 is 5.79 Å². The van der Waals surface area contributed by atoms with Gasteiger partial charge in [-0.15, -0.1) is 11.3 Å². The first-order valence-corrected chi connectivity index (χ1v) is 8.53. The molecule has 0 saturated carbocycles. The van der Waals surface area contributed by atoms with E-state index in [1.165, 1.54) is 5.56 Å². The minimum atomic E-state index is -0.496. The third-order valence-electron chi connectivity index (χ3n) is 4.27. The van der Waals surface area contributed by atoms with Gasteiger partial charge in [-0.2, -0.15) is 0 Å². The first-order valence-electron chi connectivity index (χ1n) is 7.65. The summed E-state index contributed by atoms with van der Waals surface area (Å²) in [4.78, 5) is 6.97. The molecule has 1 aromatic carbocycles. The van der Waals surface area contributed by atoms with E-state index in [-0.39, 0.29) is 18.2 Å². The summed E-state index contributed by atoms with van der Waals surface area (Å²) in [6.07, 6.45) is 2.05. The number of benzene rings is 1. The van der Waals surface area contributed by atoms with Gasteiger partial charge in [-0.25, -0.2) is 4.98 Å². The molecule has 0 radical (unpaired) electrons. The van der Waals surface area contributed by atoms with Gasteiger partial charge >= 0.3 is 0 Å². The highest BCUT2D eigenvalue weighted by Crippen LogP contribution is 2.44. The van der Waals surface area contributed by atoms with Gasteiger partial charge in [0, 0.05) is 24.7 Å². The van der Waals surface area contributed by atoms with Gasteiger partial charge < -0.3 is 9.47 Å². The molecule has 3 heterocycles. The number of rotatable bonds is 3. The molecule has 22 heavy (non-hydrogen) atoms. The van der Waals surface area contributed by atoms with Crippen molar-refractivity contribution in [3.63, 3.8) is 0 Å². The van der Waals surface area contributed by atoms with E-state index in [0.717, 1.165) is 18.1 Å². The molecule has 2 fully saturated rings. The molecule has 0 unspecified atom stereocenters. The Morgan fingerprint density at radius 1 is 1.27 bits per heavy atom. The van der Waals surface area contributed by atoms with Crippen LogP contribution in [0.1, 0.15) is 30.5 Å². The lowest BCUT2D eigenvalue weighted by Gasteiger charge is -2.28. The zero-order chi connectivity index (χ0) is 15.2. The Morgan fingerprint density at radius 2 is 2.09 bits per heavy atom. The average Bonchev–Trinajstić information content (AvgIpc) is 3.14. The van der Waals surface area contributed by atoms with Crippen molar-refractivity contribution in [2.24, 2.45) is 0 Å². The molecule has 116 valence electrons. The Morgan fingerprint density at radius 3 is 2.82 bits per heavy atom. The largest absolute Gasteiger partial charge is 0.343 e. The second kappa shape index (κ2) is 5.42. The SMILES string of the molecule is CC1(C)O[C@@H]2[C@@H](CN(Cc3ccccc3)[C@H]2c2nccs2)O1. The van der Waals surface area contributed by atoms with E-state index in [2.05, 4.69) is 40.2 Å². The van der Waals surface area contributed by atoms with Crippen molar-refractivity contribution in [3.05, 3.63) is 52.5 Å². The Kier molecular flexibility index (Phi) is 3.53. The van der Waals surface area contributed by atoms with Gasteiger partial charge in [0.05, 0.1) is 6.04 Å². The van der Waals surface area contributed by atoms with Crippen molar-refractivity contribution in [3.8, 4) is 0 Å². The number of nitrogens with zero attached hydrogens (tertiary/aromatic N) is 2. The lowest BCUT2D eigenvalue weighted by molar-refractivity contribution is -0.162. The monoisotopic (exact) mass is 316 g/mol. The first-order chi connectivity index (χ1) is 10.6. The minimum Gasteiger partial charge on any atom is -0.343 e. The van der Waals surface area contributed by atoms with Crippen LogP contribution in [0.3, 0.4) is 0 Å². The van der Waals surface area contributed by atoms with Gasteiger partial charge in [-0.05, 0) is 19.4 Å². The van der Waals surface area contributed by atoms with Gasteiger partial charge in [0.25, 0.3) is 0 Å². The number of likely N-dealkylation sites (tertiary alicyclic amines) is 1. The van der Waals surface area contributed by atoms with Crippen molar-refractivity contribution in [1.29, 1.82) is 0 Å². The summed E-state index contributed by atoms with van der Waals surface area (Å²) in [7, 11) is 0. The van der Waals surface area contributed by atoms with E-state index in [1.54, 1.807) is 11.3 Å². The van der Waals surface area contributed by atoms with Crippen LogP contribution in [0.25, 0.3) is 0 Å². The molecule has 2 saturated heterocycles. The van der Waals surface area contributed by atoms with E-state index in [0.29, 0.717) is 0 Å². The quantitative estimate of drug-likeness (QED) is 0.871. The molecule has 0 bridgehead atoms. The second-order valence-corrected chi connectivity index (χ2v) is 7.29. The van der Waals surface area contributed by atoms with Gasteiger partial charge in [-0.1, -0.05) is 30.3 Å². The van der Waals surface area contributed by atoms with Crippen LogP contribution in [-0.2, 0) is 16.0 Å². The van der Waals surface area contributed by atoms with Crippen molar-refractivity contribution >= 4 is 11.3 Å². The fraction of sp³-hybridized carbons (Fsp3) is 0.471. The van der Waals surface area contributed by atoms with Crippen LogP contribution in [-0.4, -0.2) is 34.4 Å². The summed E-state index contributed by atoms with van der Waals surface area (Å²) in [5.41, 5.74) is 1.31. The van der Waals surface area contributed by atoms with Crippen molar-refractivity contribution in [1.82, 2.24) is 9.88 Å². The highest BCUT2D eigenvalue weighted by molar-refractivity contribution is 7.09. The van der Waals surface area contributed by atoms with E-state index in [1.807, 2.05) is 25.4 Å². The fourth-order valence-corrected chi connectivity index (χ4v) is 4.29. The molecule has 1 aromatic heterocycles. The van der Waals surface area contributed by atoms with Gasteiger partial charge in [0.15, 0.2) is 5.79 Å². The maximum Gasteiger partial charge on any atom is 0.163 e. The van der Waals surface area contributed by atoms with Crippen LogP contribution < -0.4 is 0 Å². The molecule has 4 rings (SSSR count). The molecule has 5 heteroatoms. The maximum atomic E-state index is 6.18. The second-order valence-electron chi connectivity index (χ2n) is 6.37. The summed E-state index contributed by atoms with van der Waals surface area (Å²) >= 11 is 1.70. The fourth-order valence-electron chi connectivity index (χ4n) is 3.48. The number of hydrogen-bond acceptors (Lipinski definition) is 5. The third kappa shape index (κ3) is 2.58. The van der Waals surface area contributed by atoms with E-state index >= 15 is 0 Å². The standard InChI is InChI=1S/C17H20N2O2S/c1-17(2)20-13-11-19(10-12-6-4-3-5-7-12)14(15(13)21-17)16-18-8-9-22-16/h3-9,13-15H,10-11H2,1-2H3/t13-,14-,15-/m1/s1. The predicted octanol–water partition coefficient (Wildman–Crippen LogP) is 3.22. The lowest BCUT2D eigenvalue weighted by atomic mass is 10.1.